The Morgan fingerprint density at radius 3 is 2.96 bits per heavy atom. The summed E-state index contributed by atoms with van der Waals surface area (Å²) in [5, 5.41) is 17.9. The zero-order valence-electron chi connectivity index (χ0n) is 14.3. The largest absolute Gasteiger partial charge is 0.324 e. The first-order chi connectivity index (χ1) is 11.9. The van der Waals surface area contributed by atoms with Gasteiger partial charge >= 0.3 is 6.03 Å². The third kappa shape index (κ3) is 3.96. The van der Waals surface area contributed by atoms with Crippen LogP contribution in [0.15, 0.2) is 30.6 Å². The number of nitrogens with one attached hydrogen (secondary N) is 1. The van der Waals surface area contributed by atoms with Crippen molar-refractivity contribution in [3.8, 4) is 0 Å². The topological polar surface area (TPSA) is 93.3 Å². The molecule has 0 unspecified atom stereocenters. The Labute approximate surface area is 145 Å². The number of aromatic nitrogens is 2. The van der Waals surface area contributed by atoms with E-state index in [9.17, 15) is 14.9 Å². The van der Waals surface area contributed by atoms with Crippen LogP contribution in [-0.4, -0.2) is 38.7 Å². The second-order valence-corrected chi connectivity index (χ2v) is 6.51. The van der Waals surface area contributed by atoms with E-state index >= 15 is 0 Å². The number of hydrogen-bond donors (Lipinski definition) is 1. The van der Waals surface area contributed by atoms with E-state index in [1.54, 1.807) is 15.6 Å². The maximum atomic E-state index is 12.5. The average molecular weight is 343 g/mol. The number of likely N-dealkylation sites (tertiary alicyclic amines) is 1. The lowest BCUT2D eigenvalue weighted by Crippen LogP contribution is -2.33. The summed E-state index contributed by atoms with van der Waals surface area (Å²) in [6.45, 7) is 3.17. The molecular weight excluding hydrogens is 322 g/mol. The molecule has 8 nitrogen and oxygen atoms in total. The first-order valence-electron chi connectivity index (χ1n) is 8.21. The number of aryl methyl sites for hydroxylation is 2. The molecule has 1 aromatic heterocycles. The molecule has 2 heterocycles. The molecule has 0 radical (unpaired) electrons. The molecule has 1 fully saturated rings. The van der Waals surface area contributed by atoms with Crippen molar-refractivity contribution in [1.82, 2.24) is 14.7 Å². The van der Waals surface area contributed by atoms with E-state index in [2.05, 4.69) is 10.4 Å². The van der Waals surface area contributed by atoms with Crippen LogP contribution < -0.4 is 5.32 Å². The van der Waals surface area contributed by atoms with Gasteiger partial charge in [0.05, 0.1) is 16.8 Å². The molecule has 0 bridgehead atoms. The Balaban J connectivity index is 1.61. The van der Waals surface area contributed by atoms with E-state index in [-0.39, 0.29) is 11.7 Å². The zero-order chi connectivity index (χ0) is 18.0. The van der Waals surface area contributed by atoms with Gasteiger partial charge < -0.3 is 10.2 Å². The zero-order valence-corrected chi connectivity index (χ0v) is 14.3. The molecular formula is C17H21N5O3. The highest BCUT2D eigenvalue weighted by Gasteiger charge is 2.27. The molecule has 132 valence electrons. The number of anilines is 1. The number of amides is 2. The number of hydrogen-bond acceptors (Lipinski definition) is 4. The molecule has 3 rings (SSSR count). The summed E-state index contributed by atoms with van der Waals surface area (Å²) in [7, 11) is 1.89. The number of nitro benzene ring substituents is 1. The second kappa shape index (κ2) is 6.92. The second-order valence-electron chi connectivity index (χ2n) is 6.51. The minimum Gasteiger partial charge on any atom is -0.324 e. The van der Waals surface area contributed by atoms with Crippen molar-refractivity contribution in [3.05, 3.63) is 51.8 Å². The highest BCUT2D eigenvalue weighted by atomic mass is 16.6. The predicted octanol–water partition coefficient (Wildman–Crippen LogP) is 2.73. The average Bonchev–Trinajstić information content (AvgIpc) is 3.19. The van der Waals surface area contributed by atoms with Crippen LogP contribution in [0.2, 0.25) is 0 Å². The van der Waals surface area contributed by atoms with Gasteiger partial charge in [-0.2, -0.15) is 5.10 Å². The third-order valence-electron chi connectivity index (χ3n) is 4.53. The van der Waals surface area contributed by atoms with Crippen molar-refractivity contribution < 1.29 is 9.72 Å². The van der Waals surface area contributed by atoms with Crippen LogP contribution >= 0.6 is 0 Å². The Morgan fingerprint density at radius 1 is 1.48 bits per heavy atom. The van der Waals surface area contributed by atoms with Crippen LogP contribution in [0.4, 0.5) is 16.2 Å². The maximum Gasteiger partial charge on any atom is 0.321 e. The van der Waals surface area contributed by atoms with Crippen molar-refractivity contribution in [2.45, 2.75) is 19.8 Å². The van der Waals surface area contributed by atoms with Gasteiger partial charge in [0, 0.05) is 38.5 Å². The molecule has 25 heavy (non-hydrogen) atoms. The first-order valence-corrected chi connectivity index (χ1v) is 8.21. The number of urea groups is 1. The van der Waals surface area contributed by atoms with Gasteiger partial charge in [-0.3, -0.25) is 14.8 Å². The van der Waals surface area contributed by atoms with Crippen LogP contribution in [0.1, 0.15) is 17.5 Å². The molecule has 0 spiro atoms. The van der Waals surface area contributed by atoms with Crippen LogP contribution in [-0.2, 0) is 13.5 Å². The van der Waals surface area contributed by atoms with Gasteiger partial charge in [-0.05, 0) is 36.8 Å². The number of non-ortho nitro benzene ring substituents is 1. The standard InChI is InChI=1S/C17H21N5O3/c1-12-3-4-15(22(24)25)8-16(12)19-17(23)21-6-5-13(11-21)7-14-9-18-20(2)10-14/h3-4,8-10,13H,5-7,11H2,1-2H3,(H,19,23)/t13-/m0/s1. The molecule has 0 saturated carbocycles. The lowest BCUT2D eigenvalue weighted by atomic mass is 10.0. The number of carbonyl (C=O) groups is 1. The summed E-state index contributed by atoms with van der Waals surface area (Å²) in [6.07, 6.45) is 5.69. The van der Waals surface area contributed by atoms with Gasteiger partial charge in [0.15, 0.2) is 0 Å². The van der Waals surface area contributed by atoms with Crippen molar-refractivity contribution in [2.24, 2.45) is 13.0 Å². The first kappa shape index (κ1) is 16.9. The molecule has 1 aromatic carbocycles. The molecule has 1 N–H and O–H groups in total. The van der Waals surface area contributed by atoms with Crippen molar-refractivity contribution in [2.75, 3.05) is 18.4 Å². The molecule has 8 heteroatoms. The maximum absolute atomic E-state index is 12.5. The molecule has 0 aliphatic carbocycles. The smallest absolute Gasteiger partial charge is 0.321 e. The lowest BCUT2D eigenvalue weighted by Gasteiger charge is -2.18. The van der Waals surface area contributed by atoms with Crippen LogP contribution in [0.5, 0.6) is 0 Å². The minimum absolute atomic E-state index is 0.0308. The van der Waals surface area contributed by atoms with Gasteiger partial charge in [0.2, 0.25) is 0 Å². The van der Waals surface area contributed by atoms with Crippen LogP contribution in [0, 0.1) is 23.0 Å². The van der Waals surface area contributed by atoms with Gasteiger partial charge in [-0.15, -0.1) is 0 Å². The monoisotopic (exact) mass is 343 g/mol. The number of rotatable bonds is 4. The number of benzene rings is 1. The molecule has 1 aliphatic rings. The molecule has 1 atom stereocenters. The van der Waals surface area contributed by atoms with E-state index in [0.29, 0.717) is 24.7 Å². The third-order valence-corrected chi connectivity index (χ3v) is 4.53. The van der Waals surface area contributed by atoms with Gasteiger partial charge in [-0.1, -0.05) is 6.07 Å². The van der Waals surface area contributed by atoms with Crippen molar-refractivity contribution in [3.63, 3.8) is 0 Å². The Bertz CT molecular complexity index is 801. The summed E-state index contributed by atoms with van der Waals surface area (Å²) >= 11 is 0. The van der Waals surface area contributed by atoms with Crippen LogP contribution in [0.25, 0.3) is 0 Å². The summed E-state index contributed by atoms with van der Waals surface area (Å²) < 4.78 is 1.78. The van der Waals surface area contributed by atoms with Gasteiger partial charge in [0.25, 0.3) is 5.69 Å². The summed E-state index contributed by atoms with van der Waals surface area (Å²) in [4.78, 5) is 24.7. The highest BCUT2D eigenvalue weighted by Crippen LogP contribution is 2.24. The fourth-order valence-electron chi connectivity index (χ4n) is 3.15. The van der Waals surface area contributed by atoms with Crippen LogP contribution in [0.3, 0.4) is 0 Å². The van der Waals surface area contributed by atoms with Gasteiger partial charge in [-0.25, -0.2) is 4.79 Å². The molecule has 2 aromatic rings. The van der Waals surface area contributed by atoms with Crippen molar-refractivity contribution >= 4 is 17.4 Å². The minimum atomic E-state index is -0.463. The highest BCUT2D eigenvalue weighted by molar-refractivity contribution is 5.90. The number of nitrogens with zero attached hydrogens (tertiary/aromatic N) is 4. The Morgan fingerprint density at radius 2 is 2.28 bits per heavy atom. The summed E-state index contributed by atoms with van der Waals surface area (Å²) in [5.41, 5.74) is 2.42. The van der Waals surface area contributed by atoms with E-state index in [1.165, 1.54) is 17.7 Å². The van der Waals surface area contributed by atoms with Gasteiger partial charge in [0.1, 0.15) is 0 Å². The predicted molar refractivity (Wildman–Crippen MR) is 93.4 cm³/mol. The molecule has 1 saturated heterocycles. The number of nitro groups is 1. The van der Waals surface area contributed by atoms with E-state index in [1.807, 2.05) is 26.4 Å². The lowest BCUT2D eigenvalue weighted by molar-refractivity contribution is -0.384. The fraction of sp³-hybridized carbons (Fsp3) is 0.412. The molecule has 1 aliphatic heterocycles. The SMILES string of the molecule is Cc1ccc([N+](=O)[O-])cc1NC(=O)N1CC[C@@H](Cc2cnn(C)c2)C1. The summed E-state index contributed by atoms with van der Waals surface area (Å²) in [6, 6.07) is 4.27. The quantitative estimate of drug-likeness (QED) is 0.682. The van der Waals surface area contributed by atoms with E-state index < -0.39 is 4.92 Å². The normalized spacial score (nSPS) is 16.9. The summed E-state index contributed by atoms with van der Waals surface area (Å²) in [5.74, 6) is 0.404. The Hall–Kier alpha value is -2.90. The Kier molecular flexibility index (Phi) is 4.69. The van der Waals surface area contributed by atoms with Crippen molar-refractivity contribution in [1.29, 1.82) is 0 Å². The van der Waals surface area contributed by atoms with E-state index in [4.69, 9.17) is 0 Å². The fourth-order valence-corrected chi connectivity index (χ4v) is 3.15. The number of carbonyl (C=O) groups excluding carboxylic acids is 1. The van der Waals surface area contributed by atoms with E-state index in [0.717, 1.165) is 18.4 Å². The molecule has 2 amide bonds.